The van der Waals surface area contributed by atoms with E-state index < -0.39 is 0 Å². The Kier molecular flexibility index (Phi) is 5.27. The zero-order valence-electron chi connectivity index (χ0n) is 17.0. The van der Waals surface area contributed by atoms with Crippen LogP contribution in [0.5, 0.6) is 11.5 Å². The maximum absolute atomic E-state index is 12.9. The van der Waals surface area contributed by atoms with Gasteiger partial charge in [0.15, 0.2) is 11.5 Å². The average Bonchev–Trinajstić information content (AvgIpc) is 3.45. The van der Waals surface area contributed by atoms with Crippen molar-refractivity contribution in [3.05, 3.63) is 89.9 Å². The second-order valence-electron chi connectivity index (χ2n) is 7.55. The summed E-state index contributed by atoms with van der Waals surface area (Å²) in [7, 11) is 0. The fourth-order valence-corrected chi connectivity index (χ4v) is 4.13. The number of amides is 1. The van der Waals surface area contributed by atoms with Crippen LogP contribution in [0.2, 0.25) is 0 Å². The molecule has 0 radical (unpaired) electrons. The number of aromatic nitrogens is 2. The van der Waals surface area contributed by atoms with E-state index in [1.54, 1.807) is 6.20 Å². The second-order valence-corrected chi connectivity index (χ2v) is 7.55. The summed E-state index contributed by atoms with van der Waals surface area (Å²) in [6.07, 6.45) is 4.76. The van der Waals surface area contributed by atoms with Crippen molar-refractivity contribution in [1.29, 1.82) is 0 Å². The van der Waals surface area contributed by atoms with Gasteiger partial charge in [0.05, 0.1) is 0 Å². The van der Waals surface area contributed by atoms with E-state index in [0.717, 1.165) is 39.2 Å². The van der Waals surface area contributed by atoms with E-state index in [9.17, 15) is 4.79 Å². The number of carbonyl (C=O) groups excluding carboxylic acids is 1. The van der Waals surface area contributed by atoms with Crippen LogP contribution < -0.4 is 14.8 Å². The summed E-state index contributed by atoms with van der Waals surface area (Å²) in [5, 5.41) is 4.15. The normalized spacial score (nSPS) is 13.3. The van der Waals surface area contributed by atoms with Crippen molar-refractivity contribution in [2.75, 3.05) is 13.3 Å². The molecule has 5 rings (SSSR count). The molecular weight excluding hydrogens is 390 g/mol. The number of pyridine rings is 1. The topological polar surface area (TPSA) is 76.2 Å². The minimum Gasteiger partial charge on any atom is -0.454 e. The Morgan fingerprint density at radius 3 is 2.84 bits per heavy atom. The van der Waals surface area contributed by atoms with Crippen molar-refractivity contribution in [3.8, 4) is 11.5 Å². The highest BCUT2D eigenvalue weighted by Gasteiger charge is 2.28. The molecule has 0 saturated carbocycles. The zero-order valence-corrected chi connectivity index (χ0v) is 17.0. The number of para-hydroxylation sites is 2. The standard InChI is InChI=1S/C25H23N3O3/c29-24(27-13-11-17-6-3-4-12-26-17)14-20(19-8-5-10-23-25(19)31-16-30-23)21-15-28-22-9-2-1-7-18(21)22/h1-10,12,15,20,28H,11,13-14,16H2,(H,27,29)/t20-/m0/s1. The number of hydrogen-bond donors (Lipinski definition) is 2. The molecule has 31 heavy (non-hydrogen) atoms. The highest BCUT2D eigenvalue weighted by atomic mass is 16.7. The predicted molar refractivity (Wildman–Crippen MR) is 118 cm³/mol. The van der Waals surface area contributed by atoms with Gasteiger partial charge in [0.1, 0.15) is 0 Å². The van der Waals surface area contributed by atoms with Gasteiger partial charge >= 0.3 is 0 Å². The summed E-state index contributed by atoms with van der Waals surface area (Å²) < 4.78 is 11.3. The van der Waals surface area contributed by atoms with Gasteiger partial charge in [-0.1, -0.05) is 36.4 Å². The highest BCUT2D eigenvalue weighted by Crippen LogP contribution is 2.44. The second kappa shape index (κ2) is 8.52. The van der Waals surface area contributed by atoms with Crippen molar-refractivity contribution in [1.82, 2.24) is 15.3 Å². The van der Waals surface area contributed by atoms with Gasteiger partial charge in [-0.2, -0.15) is 0 Å². The maximum Gasteiger partial charge on any atom is 0.231 e. The van der Waals surface area contributed by atoms with Crippen molar-refractivity contribution in [3.63, 3.8) is 0 Å². The fourth-order valence-electron chi connectivity index (χ4n) is 4.13. The molecule has 1 aliphatic heterocycles. The van der Waals surface area contributed by atoms with Crippen molar-refractivity contribution in [2.45, 2.75) is 18.8 Å². The fraction of sp³-hybridized carbons (Fsp3) is 0.200. The summed E-state index contributed by atoms with van der Waals surface area (Å²) >= 11 is 0. The lowest BCUT2D eigenvalue weighted by molar-refractivity contribution is -0.121. The maximum atomic E-state index is 12.9. The summed E-state index contributed by atoms with van der Waals surface area (Å²) in [5.74, 6) is 1.27. The summed E-state index contributed by atoms with van der Waals surface area (Å²) in [6.45, 7) is 0.742. The Morgan fingerprint density at radius 1 is 1.03 bits per heavy atom. The molecule has 0 saturated heterocycles. The van der Waals surface area contributed by atoms with Gasteiger partial charge in [-0.15, -0.1) is 0 Å². The monoisotopic (exact) mass is 413 g/mol. The van der Waals surface area contributed by atoms with E-state index in [1.807, 2.05) is 60.8 Å². The third kappa shape index (κ3) is 3.97. The number of fused-ring (bicyclic) bond motifs is 2. The van der Waals surface area contributed by atoms with Crippen LogP contribution in [0.3, 0.4) is 0 Å². The lowest BCUT2D eigenvalue weighted by Gasteiger charge is -2.19. The number of H-pyrrole nitrogens is 1. The lowest BCUT2D eigenvalue weighted by atomic mass is 9.87. The molecule has 1 amide bonds. The van der Waals surface area contributed by atoms with Crippen LogP contribution in [-0.2, 0) is 11.2 Å². The molecule has 0 unspecified atom stereocenters. The minimum absolute atomic E-state index is 0.0114. The Labute approximate surface area is 180 Å². The van der Waals surface area contributed by atoms with Gasteiger partial charge in [0.25, 0.3) is 0 Å². The summed E-state index contributed by atoms with van der Waals surface area (Å²) in [4.78, 5) is 20.6. The van der Waals surface area contributed by atoms with E-state index in [2.05, 4.69) is 21.4 Å². The number of aromatic amines is 1. The first-order valence-corrected chi connectivity index (χ1v) is 10.4. The summed E-state index contributed by atoms with van der Waals surface area (Å²) in [5.41, 5.74) is 4.03. The molecule has 3 heterocycles. The van der Waals surface area contributed by atoms with E-state index in [4.69, 9.17) is 9.47 Å². The lowest BCUT2D eigenvalue weighted by Crippen LogP contribution is -2.27. The quantitative estimate of drug-likeness (QED) is 0.477. The van der Waals surface area contributed by atoms with Crippen LogP contribution in [0.4, 0.5) is 0 Å². The van der Waals surface area contributed by atoms with Crippen LogP contribution in [0, 0.1) is 0 Å². The highest BCUT2D eigenvalue weighted by molar-refractivity contribution is 5.86. The van der Waals surface area contributed by atoms with Gasteiger partial charge in [-0.05, 0) is 29.8 Å². The van der Waals surface area contributed by atoms with Gasteiger partial charge < -0.3 is 19.8 Å². The smallest absolute Gasteiger partial charge is 0.231 e. The number of benzene rings is 2. The first kappa shape index (κ1) is 19.2. The minimum atomic E-state index is -0.164. The predicted octanol–water partition coefficient (Wildman–Crippen LogP) is 4.17. The molecular formula is C25H23N3O3. The molecule has 6 nitrogen and oxygen atoms in total. The van der Waals surface area contributed by atoms with Crippen LogP contribution >= 0.6 is 0 Å². The molecule has 0 bridgehead atoms. The number of nitrogens with zero attached hydrogens (tertiary/aromatic N) is 1. The van der Waals surface area contributed by atoms with Crippen LogP contribution in [0.15, 0.2) is 73.1 Å². The molecule has 156 valence electrons. The van der Waals surface area contributed by atoms with Crippen molar-refractivity contribution >= 4 is 16.8 Å². The number of rotatable bonds is 7. The van der Waals surface area contributed by atoms with Crippen LogP contribution in [0.25, 0.3) is 10.9 Å². The van der Waals surface area contributed by atoms with E-state index >= 15 is 0 Å². The number of nitrogens with one attached hydrogen (secondary N) is 2. The Morgan fingerprint density at radius 2 is 1.94 bits per heavy atom. The number of hydrogen-bond acceptors (Lipinski definition) is 4. The Hall–Kier alpha value is -3.80. The number of ether oxygens (including phenoxy) is 2. The van der Waals surface area contributed by atoms with Crippen LogP contribution in [0.1, 0.15) is 29.2 Å². The molecule has 0 fully saturated rings. The third-order valence-corrected chi connectivity index (χ3v) is 5.62. The van der Waals surface area contributed by atoms with Crippen LogP contribution in [-0.4, -0.2) is 29.2 Å². The molecule has 1 aliphatic rings. The molecule has 1 atom stereocenters. The largest absolute Gasteiger partial charge is 0.454 e. The first-order valence-electron chi connectivity index (χ1n) is 10.4. The third-order valence-electron chi connectivity index (χ3n) is 5.62. The van der Waals surface area contributed by atoms with E-state index in [1.165, 1.54) is 0 Å². The van der Waals surface area contributed by atoms with Gasteiger partial charge in [-0.25, -0.2) is 0 Å². The molecule has 2 N–H and O–H groups in total. The number of carbonyl (C=O) groups is 1. The zero-order chi connectivity index (χ0) is 21.0. The van der Waals surface area contributed by atoms with E-state index in [-0.39, 0.29) is 18.6 Å². The molecule has 6 heteroatoms. The van der Waals surface area contributed by atoms with Crippen molar-refractivity contribution < 1.29 is 14.3 Å². The first-order chi connectivity index (χ1) is 15.3. The molecule has 0 spiro atoms. The van der Waals surface area contributed by atoms with Gasteiger partial charge in [0, 0.05) is 59.9 Å². The van der Waals surface area contributed by atoms with Crippen molar-refractivity contribution in [2.24, 2.45) is 0 Å². The molecule has 2 aromatic heterocycles. The SMILES string of the molecule is O=C(C[C@@H](c1cccc2c1OCO2)c1c[nH]c2ccccc12)NCCc1ccccn1. The Balaban J connectivity index is 1.41. The molecule has 4 aromatic rings. The summed E-state index contributed by atoms with van der Waals surface area (Å²) in [6, 6.07) is 19.8. The van der Waals surface area contributed by atoms with E-state index in [0.29, 0.717) is 19.4 Å². The van der Waals surface area contributed by atoms with Gasteiger partial charge in [0.2, 0.25) is 12.7 Å². The molecule has 0 aliphatic carbocycles. The average molecular weight is 413 g/mol. The molecule has 2 aromatic carbocycles. The Bertz CT molecular complexity index is 1200. The van der Waals surface area contributed by atoms with Gasteiger partial charge in [-0.3, -0.25) is 9.78 Å².